The van der Waals surface area contributed by atoms with Crippen molar-refractivity contribution < 1.29 is 23.9 Å². The number of hydrogen-bond donors (Lipinski definition) is 0. The second-order valence-electron chi connectivity index (χ2n) is 18.3. The first-order chi connectivity index (χ1) is 20.9. The number of rotatable bonds is 4. The van der Waals surface area contributed by atoms with Gasteiger partial charge in [-0.15, -0.1) is 0 Å². The molecule has 0 aromatic carbocycles. The Morgan fingerprint density at radius 1 is 0.889 bits per heavy atom. The number of ketones is 1. The van der Waals surface area contributed by atoms with Crippen LogP contribution >= 0.6 is 0 Å². The lowest BCUT2D eigenvalue weighted by Crippen LogP contribution is -2.66. The summed E-state index contributed by atoms with van der Waals surface area (Å²) in [5, 5.41) is 0. The molecule has 4 saturated carbocycles. The van der Waals surface area contributed by atoms with Crippen molar-refractivity contribution in [3.05, 3.63) is 11.6 Å². The van der Waals surface area contributed by atoms with Crippen molar-refractivity contribution in [2.24, 2.45) is 50.2 Å². The van der Waals surface area contributed by atoms with Crippen LogP contribution in [0.4, 0.5) is 0 Å². The van der Waals surface area contributed by atoms with Gasteiger partial charge in [0, 0.05) is 31.3 Å². The SMILES string of the molecule is CC(=O)O[C@@H]1CC[C@]2(C)[C@H](CC[C@]3(C)[C@@H]2C(=O)C=C2[C@@H]4C[C@](C)(C(=O)O[C@H](C)N5CCCCC5)CC[C@@]4(C)CC[C@@]23C)C1(C)C. The molecule has 6 rings (SSSR count). The van der Waals surface area contributed by atoms with Crippen molar-refractivity contribution in [2.45, 2.75) is 152 Å². The maximum atomic E-state index is 14.7. The zero-order valence-electron chi connectivity index (χ0n) is 29.9. The zero-order valence-corrected chi connectivity index (χ0v) is 29.9. The molecule has 0 spiro atoms. The molecule has 45 heavy (non-hydrogen) atoms. The number of ether oxygens (including phenoxy) is 2. The molecule has 1 saturated heterocycles. The minimum atomic E-state index is -0.545. The van der Waals surface area contributed by atoms with Crippen LogP contribution in [0.15, 0.2) is 11.6 Å². The molecule has 5 fully saturated rings. The minimum absolute atomic E-state index is 0.0512. The second kappa shape index (κ2) is 10.9. The molecule has 0 aromatic heterocycles. The predicted octanol–water partition coefficient (Wildman–Crippen LogP) is 8.27. The summed E-state index contributed by atoms with van der Waals surface area (Å²) >= 11 is 0. The van der Waals surface area contributed by atoms with Crippen molar-refractivity contribution in [1.82, 2.24) is 4.90 Å². The number of carbonyl (C=O) groups is 3. The van der Waals surface area contributed by atoms with Gasteiger partial charge in [-0.1, -0.05) is 53.5 Å². The molecule has 6 heteroatoms. The number of fused-ring (bicyclic) bond motifs is 7. The summed E-state index contributed by atoms with van der Waals surface area (Å²) in [5.41, 5.74) is 0.303. The van der Waals surface area contributed by atoms with E-state index in [4.69, 9.17) is 9.47 Å². The van der Waals surface area contributed by atoms with Crippen LogP contribution < -0.4 is 0 Å². The lowest BCUT2D eigenvalue weighted by Gasteiger charge is -2.70. The first-order valence-corrected chi connectivity index (χ1v) is 18.3. The third-order valence-electron chi connectivity index (χ3n) is 15.5. The molecular weight excluding hydrogens is 562 g/mol. The van der Waals surface area contributed by atoms with Gasteiger partial charge in [0.05, 0.1) is 5.41 Å². The van der Waals surface area contributed by atoms with E-state index >= 15 is 0 Å². The van der Waals surface area contributed by atoms with E-state index in [1.54, 1.807) is 0 Å². The summed E-state index contributed by atoms with van der Waals surface area (Å²) in [7, 11) is 0. The van der Waals surface area contributed by atoms with Crippen molar-refractivity contribution in [3.8, 4) is 0 Å². The average molecular weight is 624 g/mol. The molecule has 10 atom stereocenters. The highest BCUT2D eigenvalue weighted by atomic mass is 16.6. The smallest absolute Gasteiger partial charge is 0.313 e. The highest BCUT2D eigenvalue weighted by molar-refractivity contribution is 5.95. The van der Waals surface area contributed by atoms with Crippen LogP contribution in [0.3, 0.4) is 0 Å². The van der Waals surface area contributed by atoms with Crippen LogP contribution in [0.2, 0.25) is 0 Å². The Bertz CT molecular complexity index is 1270. The third kappa shape index (κ3) is 4.91. The van der Waals surface area contributed by atoms with Crippen LogP contribution in [0.1, 0.15) is 139 Å². The third-order valence-corrected chi connectivity index (χ3v) is 15.5. The van der Waals surface area contributed by atoms with Crippen molar-refractivity contribution in [3.63, 3.8) is 0 Å². The number of piperidine rings is 1. The standard InChI is InChI=1S/C39H61NO5/c1-25(40-21-11-10-12-22-40)44-33(43)36(6)18-17-35(5)19-20-38(8)27(28(35)24-36)23-29(42)32-37(7)15-14-31(45-26(2)41)34(3,4)30(37)13-16-39(32,38)9/h23,25,28,30-32H,10-22,24H2,1-9H3/t25-,28+,30-,31-,32-,35+,36-,37-,38+,39-/m1/s1. The van der Waals surface area contributed by atoms with Gasteiger partial charge in [-0.05, 0) is 124 Å². The van der Waals surface area contributed by atoms with Gasteiger partial charge in [-0.3, -0.25) is 19.3 Å². The monoisotopic (exact) mass is 623 g/mol. The van der Waals surface area contributed by atoms with Gasteiger partial charge in [0.25, 0.3) is 0 Å². The molecule has 0 radical (unpaired) electrons. The number of esters is 2. The Labute approximate surface area is 272 Å². The van der Waals surface area contributed by atoms with Crippen molar-refractivity contribution in [2.75, 3.05) is 13.1 Å². The van der Waals surface area contributed by atoms with E-state index < -0.39 is 5.41 Å². The normalized spacial score (nSPS) is 46.8. The number of nitrogens with zero attached hydrogens (tertiary/aromatic N) is 1. The molecule has 6 nitrogen and oxygen atoms in total. The summed E-state index contributed by atoms with van der Waals surface area (Å²) in [5.74, 6) is 0.507. The lowest BCUT2D eigenvalue weighted by atomic mass is 9.33. The molecule has 0 aromatic rings. The molecule has 0 bridgehead atoms. The van der Waals surface area contributed by atoms with Crippen LogP contribution in [0, 0.1) is 50.2 Å². The van der Waals surface area contributed by atoms with Crippen molar-refractivity contribution in [1.29, 1.82) is 0 Å². The van der Waals surface area contributed by atoms with E-state index in [1.807, 2.05) is 6.92 Å². The van der Waals surface area contributed by atoms with Gasteiger partial charge in [0.2, 0.25) is 0 Å². The fourth-order valence-corrected chi connectivity index (χ4v) is 12.4. The molecule has 5 aliphatic carbocycles. The topological polar surface area (TPSA) is 72.9 Å². The molecule has 1 aliphatic heterocycles. The lowest BCUT2D eigenvalue weighted by molar-refractivity contribution is -0.210. The van der Waals surface area contributed by atoms with E-state index in [2.05, 4.69) is 59.4 Å². The Balaban J connectivity index is 1.31. The molecule has 252 valence electrons. The Morgan fingerprint density at radius 2 is 1.56 bits per heavy atom. The fourth-order valence-electron chi connectivity index (χ4n) is 12.4. The zero-order chi connectivity index (χ0) is 32.8. The molecule has 6 aliphatic rings. The number of allylic oxidation sites excluding steroid dienone is 2. The number of carbonyl (C=O) groups excluding carboxylic acids is 3. The number of likely N-dealkylation sites (tertiary alicyclic amines) is 1. The highest BCUT2D eigenvalue weighted by Crippen LogP contribution is 2.75. The van der Waals surface area contributed by atoms with E-state index in [0.717, 1.165) is 70.9 Å². The predicted molar refractivity (Wildman–Crippen MR) is 176 cm³/mol. The van der Waals surface area contributed by atoms with Crippen LogP contribution in [0.5, 0.6) is 0 Å². The molecule has 0 amide bonds. The first kappa shape index (κ1) is 33.2. The van der Waals surface area contributed by atoms with E-state index in [-0.39, 0.29) is 63.2 Å². The molecule has 0 N–H and O–H groups in total. The molecular formula is C39H61NO5. The van der Waals surface area contributed by atoms with Gasteiger partial charge in [0.15, 0.2) is 12.0 Å². The Morgan fingerprint density at radius 3 is 2.22 bits per heavy atom. The minimum Gasteiger partial charge on any atom is -0.462 e. The summed E-state index contributed by atoms with van der Waals surface area (Å²) in [6.07, 6.45) is 14.0. The first-order valence-electron chi connectivity index (χ1n) is 18.3. The van der Waals surface area contributed by atoms with E-state index in [1.165, 1.54) is 31.8 Å². The quantitative estimate of drug-likeness (QED) is 0.294. The summed E-state index contributed by atoms with van der Waals surface area (Å²) in [4.78, 5) is 43.0. The van der Waals surface area contributed by atoms with Crippen LogP contribution in [-0.2, 0) is 23.9 Å². The summed E-state index contributed by atoms with van der Waals surface area (Å²) < 4.78 is 12.1. The maximum absolute atomic E-state index is 14.7. The van der Waals surface area contributed by atoms with Gasteiger partial charge >= 0.3 is 11.9 Å². The largest absolute Gasteiger partial charge is 0.462 e. The van der Waals surface area contributed by atoms with Crippen LogP contribution in [-0.4, -0.2) is 48.0 Å². The van der Waals surface area contributed by atoms with Crippen molar-refractivity contribution >= 4 is 17.7 Å². The van der Waals surface area contributed by atoms with Gasteiger partial charge in [-0.25, -0.2) is 0 Å². The van der Waals surface area contributed by atoms with Crippen LogP contribution in [0.25, 0.3) is 0 Å². The summed E-state index contributed by atoms with van der Waals surface area (Å²) in [6, 6.07) is 0. The highest BCUT2D eigenvalue weighted by Gasteiger charge is 2.70. The van der Waals surface area contributed by atoms with Gasteiger partial charge in [-0.2, -0.15) is 0 Å². The molecule has 0 unspecified atom stereocenters. The number of hydrogen-bond acceptors (Lipinski definition) is 6. The Kier molecular flexibility index (Phi) is 8.06. The second-order valence-corrected chi connectivity index (χ2v) is 18.3. The average Bonchev–Trinajstić information content (AvgIpc) is 2.97. The van der Waals surface area contributed by atoms with Gasteiger partial charge in [0.1, 0.15) is 6.10 Å². The van der Waals surface area contributed by atoms with Gasteiger partial charge < -0.3 is 9.47 Å². The van der Waals surface area contributed by atoms with E-state index in [9.17, 15) is 14.4 Å². The van der Waals surface area contributed by atoms with E-state index in [0.29, 0.717) is 11.7 Å². The maximum Gasteiger partial charge on any atom is 0.313 e. The summed E-state index contributed by atoms with van der Waals surface area (Å²) in [6.45, 7) is 21.9. The fraction of sp³-hybridized carbons (Fsp3) is 0.872. The Hall–Kier alpha value is -1.69. The molecule has 1 heterocycles.